The number of halogens is 4. The smallest absolute Gasteiger partial charge is 0.387 e. The molecule has 1 unspecified atom stereocenters. The monoisotopic (exact) mass is 462 g/mol. The van der Waals surface area contributed by atoms with Gasteiger partial charge in [0.05, 0.1) is 29.5 Å². The van der Waals surface area contributed by atoms with Gasteiger partial charge in [-0.1, -0.05) is 18.2 Å². The van der Waals surface area contributed by atoms with Gasteiger partial charge in [-0.15, -0.1) is 5.10 Å². The third-order valence-corrected chi connectivity index (χ3v) is 7.28. The fourth-order valence-electron chi connectivity index (χ4n) is 4.79. The number of hydrogen-bond acceptors (Lipinski definition) is 4. The fraction of sp³-hybridized carbons (Fsp3) is 0.500. The van der Waals surface area contributed by atoms with Gasteiger partial charge < -0.3 is 10.0 Å². The van der Waals surface area contributed by atoms with E-state index in [0.29, 0.717) is 29.3 Å². The highest BCUT2D eigenvalue weighted by Crippen LogP contribution is 2.59. The number of hydrogen-bond donors (Lipinski definition) is 1. The highest BCUT2D eigenvalue weighted by molar-refractivity contribution is 5.66. The van der Waals surface area contributed by atoms with Gasteiger partial charge in [-0.05, 0) is 56.9 Å². The van der Waals surface area contributed by atoms with Gasteiger partial charge in [0.25, 0.3) is 0 Å². The van der Waals surface area contributed by atoms with Crippen molar-refractivity contribution in [3.05, 3.63) is 47.7 Å². The van der Waals surface area contributed by atoms with E-state index in [4.69, 9.17) is 5.10 Å². The molecule has 33 heavy (non-hydrogen) atoms. The predicted molar refractivity (Wildman–Crippen MR) is 117 cm³/mol. The summed E-state index contributed by atoms with van der Waals surface area (Å²) in [5, 5.41) is 15.0. The van der Waals surface area contributed by atoms with Crippen LogP contribution < -0.4 is 4.90 Å². The maximum atomic E-state index is 15.3. The molecule has 1 saturated carbocycles. The van der Waals surface area contributed by atoms with Crippen LogP contribution in [-0.4, -0.2) is 50.2 Å². The van der Waals surface area contributed by atoms with Gasteiger partial charge in [-0.2, -0.15) is 13.2 Å². The van der Waals surface area contributed by atoms with Crippen molar-refractivity contribution < 1.29 is 22.7 Å². The summed E-state index contributed by atoms with van der Waals surface area (Å²) in [7, 11) is 0. The number of aryl methyl sites for hydroxylation is 1. The van der Waals surface area contributed by atoms with Gasteiger partial charge in [0.2, 0.25) is 0 Å². The average molecular weight is 462 g/mol. The molecule has 1 aliphatic heterocycles. The van der Waals surface area contributed by atoms with Crippen molar-refractivity contribution in [1.82, 2.24) is 14.6 Å². The van der Waals surface area contributed by atoms with E-state index in [9.17, 15) is 18.3 Å². The average Bonchev–Trinajstić information content (AvgIpc) is 3.32. The molecule has 1 saturated heterocycles. The van der Waals surface area contributed by atoms with Gasteiger partial charge in [0, 0.05) is 18.5 Å². The molecule has 2 aliphatic rings. The van der Waals surface area contributed by atoms with E-state index < -0.39 is 22.9 Å². The molecule has 1 atom stereocenters. The van der Waals surface area contributed by atoms with Crippen LogP contribution in [0.15, 0.2) is 36.5 Å². The molecule has 0 spiro atoms. The highest BCUT2D eigenvalue weighted by Gasteiger charge is 2.64. The van der Waals surface area contributed by atoms with Gasteiger partial charge in [0.15, 0.2) is 17.1 Å². The van der Waals surface area contributed by atoms with Crippen molar-refractivity contribution >= 4 is 11.5 Å². The van der Waals surface area contributed by atoms with Gasteiger partial charge in [-0.25, -0.2) is 13.9 Å². The van der Waals surface area contributed by atoms with E-state index in [1.807, 2.05) is 13.0 Å². The Balaban J connectivity index is 1.54. The van der Waals surface area contributed by atoms with Crippen molar-refractivity contribution in [3.8, 4) is 11.3 Å². The molecule has 1 aliphatic carbocycles. The molecule has 2 fully saturated rings. The van der Waals surface area contributed by atoms with Gasteiger partial charge in [-0.3, -0.25) is 0 Å². The molecule has 2 aromatic heterocycles. The number of rotatable bonds is 4. The second-order valence-electron chi connectivity index (χ2n) is 9.92. The molecular weight excluding hydrogens is 436 g/mol. The maximum absolute atomic E-state index is 15.3. The Morgan fingerprint density at radius 3 is 2.42 bits per heavy atom. The zero-order chi connectivity index (χ0) is 23.8. The largest absolute Gasteiger partial charge is 0.398 e. The lowest BCUT2D eigenvalue weighted by Gasteiger charge is -2.33. The molecule has 3 aromatic rings. The Morgan fingerprint density at radius 2 is 1.82 bits per heavy atom. The molecule has 0 amide bonds. The summed E-state index contributed by atoms with van der Waals surface area (Å²) >= 11 is 0. The first kappa shape index (κ1) is 22.1. The lowest BCUT2D eigenvalue weighted by molar-refractivity contribution is -0.160. The second kappa shape index (κ2) is 6.91. The van der Waals surface area contributed by atoms with Gasteiger partial charge >= 0.3 is 6.18 Å². The summed E-state index contributed by atoms with van der Waals surface area (Å²) in [5.41, 5.74) is -2.24. The van der Waals surface area contributed by atoms with Crippen LogP contribution in [-0.2, 0) is 5.41 Å². The first-order chi connectivity index (χ1) is 15.3. The van der Waals surface area contributed by atoms with Crippen molar-refractivity contribution in [2.45, 2.75) is 62.9 Å². The van der Waals surface area contributed by atoms with Crippen molar-refractivity contribution in [2.75, 3.05) is 18.0 Å². The third kappa shape index (κ3) is 3.39. The molecular formula is C24H26F4N4O. The van der Waals surface area contributed by atoms with Crippen LogP contribution >= 0.6 is 0 Å². The van der Waals surface area contributed by atoms with Crippen LogP contribution in [0.2, 0.25) is 0 Å². The lowest BCUT2D eigenvalue weighted by atomic mass is 9.87. The first-order valence-electron chi connectivity index (χ1n) is 11.0. The molecule has 5 nitrogen and oxygen atoms in total. The van der Waals surface area contributed by atoms with Crippen LogP contribution in [0.4, 0.5) is 23.4 Å². The van der Waals surface area contributed by atoms with Gasteiger partial charge in [0.1, 0.15) is 0 Å². The van der Waals surface area contributed by atoms with Crippen molar-refractivity contribution in [3.63, 3.8) is 0 Å². The lowest BCUT2D eigenvalue weighted by Crippen LogP contribution is -2.48. The Hall–Kier alpha value is -2.68. The number of aromatic nitrogens is 3. The van der Waals surface area contributed by atoms with Crippen LogP contribution in [0, 0.1) is 6.92 Å². The molecule has 9 heteroatoms. The summed E-state index contributed by atoms with van der Waals surface area (Å²) in [6, 6.07) is 8.31. The number of imidazole rings is 1. The van der Waals surface area contributed by atoms with E-state index in [0.717, 1.165) is 5.56 Å². The van der Waals surface area contributed by atoms with E-state index in [1.165, 1.54) is 19.9 Å². The third-order valence-electron chi connectivity index (χ3n) is 7.28. The standard InChI is InChI=1S/C24H26F4N4O/c1-15-11-19-29-13-18(16-5-4-6-17(12-16)22(7-8-22)24(26,27)28)32(19)30-20(15)31-10-9-23(25,14-31)21(2,3)33/h4-6,11-13,33H,7-10,14H2,1-3H3. The van der Waals surface area contributed by atoms with Crippen LogP contribution in [0.25, 0.3) is 16.9 Å². The van der Waals surface area contributed by atoms with Crippen molar-refractivity contribution in [1.29, 1.82) is 0 Å². The SMILES string of the molecule is Cc1cc2ncc(-c3cccc(C4(C(F)(F)F)CC4)c3)n2nc1N1CCC(F)(C(C)(C)O)C1. The van der Waals surface area contributed by atoms with Crippen LogP contribution in [0.3, 0.4) is 0 Å². The fourth-order valence-corrected chi connectivity index (χ4v) is 4.79. The molecule has 1 aromatic carbocycles. The minimum atomic E-state index is -4.29. The predicted octanol–water partition coefficient (Wildman–Crippen LogP) is 4.99. The number of aliphatic hydroxyl groups is 1. The number of fused-ring (bicyclic) bond motifs is 1. The maximum Gasteiger partial charge on any atom is 0.398 e. The molecule has 0 radical (unpaired) electrons. The molecule has 5 rings (SSSR count). The number of anilines is 1. The topological polar surface area (TPSA) is 53.7 Å². The molecule has 1 N–H and O–H groups in total. The van der Waals surface area contributed by atoms with Crippen LogP contribution in [0.5, 0.6) is 0 Å². The van der Waals surface area contributed by atoms with Crippen LogP contribution in [0.1, 0.15) is 44.2 Å². The molecule has 3 heterocycles. The first-order valence-corrected chi connectivity index (χ1v) is 11.0. The van der Waals surface area contributed by atoms with E-state index in [2.05, 4.69) is 4.98 Å². The summed E-state index contributed by atoms with van der Waals surface area (Å²) in [4.78, 5) is 6.19. The molecule has 0 bridgehead atoms. The quantitative estimate of drug-likeness (QED) is 0.556. The summed E-state index contributed by atoms with van der Waals surface area (Å²) in [5.74, 6) is 0.565. The summed E-state index contributed by atoms with van der Waals surface area (Å²) in [6.07, 6.45) is -2.33. The minimum Gasteiger partial charge on any atom is -0.387 e. The zero-order valence-electron chi connectivity index (χ0n) is 18.7. The number of alkyl halides is 4. The van der Waals surface area contributed by atoms with E-state index in [-0.39, 0.29) is 31.4 Å². The Labute approximate surface area is 189 Å². The Morgan fingerprint density at radius 1 is 1.09 bits per heavy atom. The number of benzene rings is 1. The summed E-state index contributed by atoms with van der Waals surface area (Å²) in [6.45, 7) is 5.19. The minimum absolute atomic E-state index is 0.00344. The van der Waals surface area contributed by atoms with E-state index in [1.54, 1.807) is 33.8 Å². The summed E-state index contributed by atoms with van der Waals surface area (Å²) < 4.78 is 57.8. The normalized spacial score (nSPS) is 22.8. The highest BCUT2D eigenvalue weighted by atomic mass is 19.4. The Bertz CT molecular complexity index is 1230. The second-order valence-corrected chi connectivity index (χ2v) is 9.92. The van der Waals surface area contributed by atoms with Crippen molar-refractivity contribution in [2.24, 2.45) is 0 Å². The Kier molecular flexibility index (Phi) is 4.64. The number of nitrogens with zero attached hydrogens (tertiary/aromatic N) is 4. The zero-order valence-corrected chi connectivity index (χ0v) is 18.7. The van der Waals surface area contributed by atoms with E-state index >= 15 is 4.39 Å². The molecule has 176 valence electrons.